The number of hydrogen-bond acceptors (Lipinski definition) is 9. The predicted molar refractivity (Wildman–Crippen MR) is 96.7 cm³/mol. The Hall–Kier alpha value is -3.07. The lowest BCUT2D eigenvalue weighted by Crippen LogP contribution is -2.11. The van der Waals surface area contributed by atoms with Gasteiger partial charge in [0.2, 0.25) is 12.5 Å². The highest BCUT2D eigenvalue weighted by atomic mass is 32.1. The standard InChI is InChI=1S/C18H16N2O6S/c1-23-13-5-9(6-14-18(13)26-8-25-14)10(7-15(22)24-2)16-12(21)4-3-11-17(16)20-27-19-11/h3-6,10,21H,7-8H2,1-2H3/t10-/m0/s1. The van der Waals surface area contributed by atoms with E-state index in [9.17, 15) is 9.90 Å². The Morgan fingerprint density at radius 2 is 2.15 bits per heavy atom. The van der Waals surface area contributed by atoms with Gasteiger partial charge >= 0.3 is 5.97 Å². The van der Waals surface area contributed by atoms with Crippen LogP contribution in [0.15, 0.2) is 24.3 Å². The number of aromatic hydroxyl groups is 1. The molecule has 0 radical (unpaired) electrons. The quantitative estimate of drug-likeness (QED) is 0.666. The summed E-state index contributed by atoms with van der Waals surface area (Å²) < 4.78 is 29.7. The molecule has 1 aliphatic rings. The maximum absolute atomic E-state index is 12.1. The number of methoxy groups -OCH3 is 2. The molecule has 8 nitrogen and oxygen atoms in total. The molecule has 4 rings (SSSR count). The van der Waals surface area contributed by atoms with E-state index in [0.717, 1.165) is 11.7 Å². The van der Waals surface area contributed by atoms with Gasteiger partial charge in [-0.05, 0) is 29.8 Å². The minimum Gasteiger partial charge on any atom is -0.508 e. The van der Waals surface area contributed by atoms with E-state index in [1.54, 1.807) is 24.3 Å². The van der Waals surface area contributed by atoms with Crippen molar-refractivity contribution in [2.24, 2.45) is 0 Å². The number of esters is 1. The Balaban J connectivity index is 1.91. The topological polar surface area (TPSA) is 100 Å². The number of phenolic OH excluding ortho intramolecular Hbond substituents is 1. The summed E-state index contributed by atoms with van der Waals surface area (Å²) >= 11 is 1.04. The van der Waals surface area contributed by atoms with Crippen LogP contribution in [0, 0.1) is 0 Å². The fourth-order valence-electron chi connectivity index (χ4n) is 3.19. The number of phenols is 1. The smallest absolute Gasteiger partial charge is 0.306 e. The molecule has 0 spiro atoms. The highest BCUT2D eigenvalue weighted by molar-refractivity contribution is 7.00. The Morgan fingerprint density at radius 1 is 1.30 bits per heavy atom. The molecule has 2 aromatic carbocycles. The Kier molecular flexibility index (Phi) is 4.44. The van der Waals surface area contributed by atoms with Crippen LogP contribution in [0.3, 0.4) is 0 Å². The van der Waals surface area contributed by atoms with Gasteiger partial charge in [-0.15, -0.1) is 0 Å². The molecule has 1 aliphatic heterocycles. The molecule has 1 atom stereocenters. The van der Waals surface area contributed by atoms with Crippen molar-refractivity contribution in [2.45, 2.75) is 12.3 Å². The lowest BCUT2D eigenvalue weighted by atomic mass is 9.86. The monoisotopic (exact) mass is 388 g/mol. The lowest BCUT2D eigenvalue weighted by molar-refractivity contribution is -0.140. The fraction of sp³-hybridized carbons (Fsp3) is 0.278. The van der Waals surface area contributed by atoms with Crippen LogP contribution in [0.5, 0.6) is 23.0 Å². The van der Waals surface area contributed by atoms with Gasteiger partial charge in [0, 0.05) is 11.5 Å². The first-order valence-electron chi connectivity index (χ1n) is 8.10. The van der Waals surface area contributed by atoms with Gasteiger partial charge in [0.15, 0.2) is 11.5 Å². The number of rotatable bonds is 5. The fourth-order valence-corrected chi connectivity index (χ4v) is 3.74. The van der Waals surface area contributed by atoms with Gasteiger partial charge in [-0.1, -0.05) is 0 Å². The second-order valence-electron chi connectivity index (χ2n) is 5.92. The number of carbonyl (C=O) groups excluding carboxylic acids is 1. The molecule has 0 fully saturated rings. The Bertz CT molecular complexity index is 1020. The molecule has 2 heterocycles. The van der Waals surface area contributed by atoms with Crippen molar-refractivity contribution in [3.05, 3.63) is 35.4 Å². The summed E-state index contributed by atoms with van der Waals surface area (Å²) in [6, 6.07) is 6.77. The van der Waals surface area contributed by atoms with Gasteiger partial charge in [0.25, 0.3) is 0 Å². The van der Waals surface area contributed by atoms with Gasteiger partial charge in [0.05, 0.1) is 32.4 Å². The second kappa shape index (κ2) is 6.92. The number of aromatic nitrogens is 2. The third-order valence-corrected chi connectivity index (χ3v) is 5.02. The van der Waals surface area contributed by atoms with Crippen molar-refractivity contribution >= 4 is 28.7 Å². The van der Waals surface area contributed by atoms with E-state index in [-0.39, 0.29) is 19.0 Å². The highest BCUT2D eigenvalue weighted by Gasteiger charge is 2.29. The minimum absolute atomic E-state index is 0.00347. The molecular formula is C18H16N2O6S. The zero-order chi connectivity index (χ0) is 19.0. The van der Waals surface area contributed by atoms with Crippen LogP contribution in [0.2, 0.25) is 0 Å². The van der Waals surface area contributed by atoms with E-state index >= 15 is 0 Å². The number of hydrogen-bond donors (Lipinski definition) is 1. The van der Waals surface area contributed by atoms with E-state index in [1.165, 1.54) is 14.2 Å². The van der Waals surface area contributed by atoms with Crippen LogP contribution in [-0.4, -0.2) is 40.8 Å². The van der Waals surface area contributed by atoms with Gasteiger partial charge < -0.3 is 24.1 Å². The van der Waals surface area contributed by atoms with Crippen LogP contribution in [-0.2, 0) is 9.53 Å². The van der Waals surface area contributed by atoms with Crippen molar-refractivity contribution in [2.75, 3.05) is 21.0 Å². The van der Waals surface area contributed by atoms with Crippen LogP contribution in [0.4, 0.5) is 0 Å². The van der Waals surface area contributed by atoms with Gasteiger partial charge in [-0.2, -0.15) is 8.75 Å². The molecule has 0 saturated heterocycles. The molecule has 140 valence electrons. The summed E-state index contributed by atoms with van der Waals surface area (Å²) in [5.74, 6) is 0.585. The highest BCUT2D eigenvalue weighted by Crippen LogP contribution is 2.46. The van der Waals surface area contributed by atoms with Crippen LogP contribution < -0.4 is 14.2 Å². The third-order valence-electron chi connectivity index (χ3n) is 4.47. The van der Waals surface area contributed by atoms with Crippen molar-refractivity contribution in [3.8, 4) is 23.0 Å². The average Bonchev–Trinajstić information content (AvgIpc) is 3.34. The molecule has 3 aromatic rings. The zero-order valence-electron chi connectivity index (χ0n) is 14.6. The van der Waals surface area contributed by atoms with Gasteiger partial charge in [-0.3, -0.25) is 4.79 Å². The number of nitrogens with zero attached hydrogens (tertiary/aromatic N) is 2. The van der Waals surface area contributed by atoms with Crippen molar-refractivity contribution in [1.29, 1.82) is 0 Å². The third kappa shape index (κ3) is 2.99. The van der Waals surface area contributed by atoms with Crippen molar-refractivity contribution in [3.63, 3.8) is 0 Å². The largest absolute Gasteiger partial charge is 0.508 e. The molecule has 0 bridgehead atoms. The first-order valence-corrected chi connectivity index (χ1v) is 8.84. The molecule has 0 unspecified atom stereocenters. The summed E-state index contributed by atoms with van der Waals surface area (Å²) in [5, 5.41) is 10.6. The molecule has 27 heavy (non-hydrogen) atoms. The Labute approximate surface area is 158 Å². The minimum atomic E-state index is -0.534. The Morgan fingerprint density at radius 3 is 2.93 bits per heavy atom. The number of benzene rings is 2. The number of fused-ring (bicyclic) bond motifs is 2. The molecule has 0 saturated carbocycles. The van der Waals surface area contributed by atoms with Crippen molar-refractivity contribution < 1.29 is 28.8 Å². The molecule has 1 aromatic heterocycles. The van der Waals surface area contributed by atoms with Gasteiger partial charge in [-0.25, -0.2) is 0 Å². The SMILES string of the molecule is COC(=O)C[C@@H](c1cc(OC)c2c(c1)OCO2)c1c(O)ccc2nsnc12. The summed E-state index contributed by atoms with van der Waals surface area (Å²) in [7, 11) is 2.85. The summed E-state index contributed by atoms with van der Waals surface area (Å²) in [4.78, 5) is 12.1. The summed E-state index contributed by atoms with van der Waals surface area (Å²) in [5.41, 5.74) is 2.41. The normalized spacial score (nSPS) is 13.6. The molecule has 0 amide bonds. The number of carbonyl (C=O) groups is 1. The first kappa shape index (κ1) is 17.3. The van der Waals surface area contributed by atoms with Crippen molar-refractivity contribution in [1.82, 2.24) is 8.75 Å². The molecule has 9 heteroatoms. The van der Waals surface area contributed by atoms with E-state index in [0.29, 0.717) is 39.4 Å². The van der Waals surface area contributed by atoms with Crippen LogP contribution in [0.25, 0.3) is 11.0 Å². The summed E-state index contributed by atoms with van der Waals surface area (Å²) in [6.07, 6.45) is 0.00347. The second-order valence-corrected chi connectivity index (χ2v) is 6.45. The van der Waals surface area contributed by atoms with E-state index in [2.05, 4.69) is 8.75 Å². The predicted octanol–water partition coefficient (Wildman–Crippen LogP) is 2.83. The van der Waals surface area contributed by atoms with E-state index < -0.39 is 11.9 Å². The molecule has 0 aliphatic carbocycles. The van der Waals surface area contributed by atoms with E-state index in [4.69, 9.17) is 18.9 Å². The average molecular weight is 388 g/mol. The molecule has 1 N–H and O–H groups in total. The number of ether oxygens (including phenoxy) is 4. The zero-order valence-corrected chi connectivity index (χ0v) is 15.4. The maximum Gasteiger partial charge on any atom is 0.306 e. The summed E-state index contributed by atoms with van der Waals surface area (Å²) in [6.45, 7) is 0.0909. The van der Waals surface area contributed by atoms with E-state index in [1.807, 2.05) is 0 Å². The lowest BCUT2D eigenvalue weighted by Gasteiger charge is -2.19. The maximum atomic E-state index is 12.1. The van der Waals surface area contributed by atoms with Gasteiger partial charge in [0.1, 0.15) is 16.8 Å². The first-order chi connectivity index (χ1) is 13.1. The van der Waals surface area contributed by atoms with Crippen LogP contribution in [0.1, 0.15) is 23.5 Å². The van der Waals surface area contributed by atoms with Crippen LogP contribution >= 0.6 is 11.7 Å². The molecular weight excluding hydrogens is 372 g/mol.